The molecule has 0 saturated heterocycles. The van der Waals surface area contributed by atoms with Crippen molar-refractivity contribution in [2.75, 3.05) is 24.6 Å². The van der Waals surface area contributed by atoms with E-state index in [1.54, 1.807) is 25.1 Å². The number of benzene rings is 1. The maximum Gasteiger partial charge on any atom is 0.325 e. The average molecular weight is 277 g/mol. The SMILES string of the molecule is CCOC(=O)CN(C(=O)c1ccc(N)cc1N)C1CC1. The minimum absolute atomic E-state index is 0.0405. The van der Waals surface area contributed by atoms with E-state index in [0.29, 0.717) is 23.5 Å². The molecule has 0 heterocycles. The van der Waals surface area contributed by atoms with Gasteiger partial charge in [0.1, 0.15) is 6.54 Å². The van der Waals surface area contributed by atoms with Gasteiger partial charge in [-0.2, -0.15) is 0 Å². The molecule has 0 aliphatic heterocycles. The summed E-state index contributed by atoms with van der Waals surface area (Å²) in [5, 5.41) is 0. The molecule has 1 aromatic rings. The van der Waals surface area contributed by atoms with Gasteiger partial charge < -0.3 is 21.1 Å². The number of nitrogens with two attached hydrogens (primary N) is 2. The van der Waals surface area contributed by atoms with Gasteiger partial charge in [0.2, 0.25) is 0 Å². The summed E-state index contributed by atoms with van der Waals surface area (Å²) in [6.07, 6.45) is 1.81. The van der Waals surface area contributed by atoms with E-state index in [2.05, 4.69) is 0 Å². The molecule has 0 aromatic heterocycles. The highest BCUT2D eigenvalue weighted by Gasteiger charge is 2.35. The summed E-state index contributed by atoms with van der Waals surface area (Å²) in [6.45, 7) is 2.00. The normalized spacial score (nSPS) is 13.8. The number of ether oxygens (including phenoxy) is 1. The van der Waals surface area contributed by atoms with Crippen LogP contribution in [0.25, 0.3) is 0 Å². The van der Waals surface area contributed by atoms with E-state index in [4.69, 9.17) is 16.2 Å². The predicted octanol–water partition coefficient (Wildman–Crippen LogP) is 1.02. The first-order valence-corrected chi connectivity index (χ1v) is 6.64. The highest BCUT2D eigenvalue weighted by atomic mass is 16.5. The molecule has 1 fully saturated rings. The number of amides is 1. The van der Waals surface area contributed by atoms with E-state index in [-0.39, 0.29) is 18.5 Å². The molecule has 0 bridgehead atoms. The fraction of sp³-hybridized carbons (Fsp3) is 0.429. The molecule has 0 atom stereocenters. The summed E-state index contributed by atoms with van der Waals surface area (Å²) in [5.41, 5.74) is 12.6. The van der Waals surface area contributed by atoms with Crippen molar-refractivity contribution in [1.82, 2.24) is 4.90 Å². The number of carbonyl (C=O) groups is 2. The zero-order valence-corrected chi connectivity index (χ0v) is 11.5. The molecule has 20 heavy (non-hydrogen) atoms. The van der Waals surface area contributed by atoms with Crippen molar-refractivity contribution in [3.8, 4) is 0 Å². The van der Waals surface area contributed by atoms with Crippen molar-refractivity contribution in [3.05, 3.63) is 23.8 Å². The quantitative estimate of drug-likeness (QED) is 0.618. The molecule has 6 nitrogen and oxygen atoms in total. The molecule has 4 N–H and O–H groups in total. The van der Waals surface area contributed by atoms with Gasteiger partial charge in [0.05, 0.1) is 12.2 Å². The molecule has 108 valence electrons. The molecule has 1 aromatic carbocycles. The standard InChI is InChI=1S/C14H19N3O3/c1-2-20-13(18)8-17(10-4-5-10)14(19)11-6-3-9(15)7-12(11)16/h3,6-7,10H,2,4-5,8,15-16H2,1H3. The molecule has 1 saturated carbocycles. The van der Waals surface area contributed by atoms with E-state index < -0.39 is 5.97 Å². The minimum atomic E-state index is -0.401. The summed E-state index contributed by atoms with van der Waals surface area (Å²) in [5.74, 6) is -0.653. The predicted molar refractivity (Wildman–Crippen MR) is 76.0 cm³/mol. The first kappa shape index (κ1) is 14.2. The maximum atomic E-state index is 12.5. The molecule has 6 heteroatoms. The fourth-order valence-corrected chi connectivity index (χ4v) is 2.03. The second kappa shape index (κ2) is 5.81. The second-order valence-corrected chi connectivity index (χ2v) is 4.82. The Bertz CT molecular complexity index is 526. The lowest BCUT2D eigenvalue weighted by atomic mass is 10.1. The van der Waals surface area contributed by atoms with E-state index in [1.165, 1.54) is 4.90 Å². The smallest absolute Gasteiger partial charge is 0.325 e. The van der Waals surface area contributed by atoms with Crippen molar-refractivity contribution >= 4 is 23.3 Å². The third-order valence-electron chi connectivity index (χ3n) is 3.16. The van der Waals surface area contributed by atoms with Crippen LogP contribution in [0.5, 0.6) is 0 Å². The Morgan fingerprint density at radius 1 is 1.35 bits per heavy atom. The van der Waals surface area contributed by atoms with Gasteiger partial charge >= 0.3 is 5.97 Å². The lowest BCUT2D eigenvalue weighted by Gasteiger charge is -2.22. The van der Waals surface area contributed by atoms with Crippen LogP contribution in [-0.4, -0.2) is 36.0 Å². The van der Waals surface area contributed by atoms with Gasteiger partial charge in [0.25, 0.3) is 5.91 Å². The first-order valence-electron chi connectivity index (χ1n) is 6.64. The van der Waals surface area contributed by atoms with Crippen molar-refractivity contribution in [2.24, 2.45) is 0 Å². The van der Waals surface area contributed by atoms with Crippen LogP contribution in [0.15, 0.2) is 18.2 Å². The van der Waals surface area contributed by atoms with Crippen LogP contribution in [0.3, 0.4) is 0 Å². The van der Waals surface area contributed by atoms with Crippen LogP contribution in [0, 0.1) is 0 Å². The Labute approximate surface area is 117 Å². The van der Waals surface area contributed by atoms with Crippen LogP contribution in [0.4, 0.5) is 11.4 Å². The summed E-state index contributed by atoms with van der Waals surface area (Å²) >= 11 is 0. The third kappa shape index (κ3) is 3.20. The Hall–Kier alpha value is -2.24. The number of hydrogen-bond donors (Lipinski definition) is 2. The number of rotatable bonds is 5. The van der Waals surface area contributed by atoms with E-state index in [1.807, 2.05) is 0 Å². The van der Waals surface area contributed by atoms with Crippen LogP contribution in [0.2, 0.25) is 0 Å². The number of esters is 1. The van der Waals surface area contributed by atoms with Gasteiger partial charge in [-0.25, -0.2) is 0 Å². The first-order chi connectivity index (χ1) is 9.52. The molecule has 2 rings (SSSR count). The minimum Gasteiger partial charge on any atom is -0.465 e. The summed E-state index contributed by atoms with van der Waals surface area (Å²) < 4.78 is 4.90. The van der Waals surface area contributed by atoms with Gasteiger partial charge in [-0.05, 0) is 38.0 Å². The highest BCUT2D eigenvalue weighted by molar-refractivity contribution is 6.01. The van der Waals surface area contributed by atoms with E-state index in [0.717, 1.165) is 12.8 Å². The van der Waals surface area contributed by atoms with Gasteiger partial charge in [0, 0.05) is 17.4 Å². The topological polar surface area (TPSA) is 98.6 Å². The van der Waals surface area contributed by atoms with Crippen molar-refractivity contribution in [3.63, 3.8) is 0 Å². The van der Waals surface area contributed by atoms with Crippen LogP contribution < -0.4 is 11.5 Å². The van der Waals surface area contributed by atoms with Gasteiger partial charge in [-0.1, -0.05) is 0 Å². The lowest BCUT2D eigenvalue weighted by molar-refractivity contribution is -0.144. The zero-order chi connectivity index (χ0) is 14.7. The molecule has 1 amide bonds. The number of hydrogen-bond acceptors (Lipinski definition) is 5. The molecular formula is C14H19N3O3. The largest absolute Gasteiger partial charge is 0.465 e. The maximum absolute atomic E-state index is 12.5. The molecule has 1 aliphatic carbocycles. The number of anilines is 2. The summed E-state index contributed by atoms with van der Waals surface area (Å²) in [6, 6.07) is 4.86. The van der Waals surface area contributed by atoms with E-state index in [9.17, 15) is 9.59 Å². The van der Waals surface area contributed by atoms with Crippen molar-refractivity contribution in [2.45, 2.75) is 25.8 Å². The van der Waals surface area contributed by atoms with Crippen LogP contribution in [-0.2, 0) is 9.53 Å². The lowest BCUT2D eigenvalue weighted by Crippen LogP contribution is -2.38. The fourth-order valence-electron chi connectivity index (χ4n) is 2.03. The van der Waals surface area contributed by atoms with Crippen LogP contribution >= 0.6 is 0 Å². The summed E-state index contributed by atoms with van der Waals surface area (Å²) in [4.78, 5) is 25.6. The number of carbonyl (C=O) groups excluding carboxylic acids is 2. The Morgan fingerprint density at radius 2 is 2.05 bits per heavy atom. The average Bonchev–Trinajstić information content (AvgIpc) is 3.20. The number of nitrogens with zero attached hydrogens (tertiary/aromatic N) is 1. The van der Waals surface area contributed by atoms with Gasteiger partial charge in [0.15, 0.2) is 0 Å². The molecule has 0 radical (unpaired) electrons. The monoisotopic (exact) mass is 277 g/mol. The Morgan fingerprint density at radius 3 is 2.60 bits per heavy atom. The van der Waals surface area contributed by atoms with Gasteiger partial charge in [-0.3, -0.25) is 9.59 Å². The second-order valence-electron chi connectivity index (χ2n) is 4.82. The molecule has 1 aliphatic rings. The summed E-state index contributed by atoms with van der Waals surface area (Å²) in [7, 11) is 0. The molecular weight excluding hydrogens is 258 g/mol. The zero-order valence-electron chi connectivity index (χ0n) is 11.5. The highest BCUT2D eigenvalue weighted by Crippen LogP contribution is 2.29. The molecule has 0 spiro atoms. The third-order valence-corrected chi connectivity index (χ3v) is 3.16. The van der Waals surface area contributed by atoms with E-state index >= 15 is 0 Å². The van der Waals surface area contributed by atoms with Crippen molar-refractivity contribution < 1.29 is 14.3 Å². The number of nitrogen functional groups attached to an aromatic ring is 2. The van der Waals surface area contributed by atoms with Crippen molar-refractivity contribution in [1.29, 1.82) is 0 Å². The molecule has 0 unspecified atom stereocenters. The Kier molecular flexibility index (Phi) is 4.12. The Balaban J connectivity index is 2.16. The van der Waals surface area contributed by atoms with Gasteiger partial charge in [-0.15, -0.1) is 0 Å². The van der Waals surface area contributed by atoms with Crippen LogP contribution in [0.1, 0.15) is 30.1 Å².